The van der Waals surface area contributed by atoms with Crippen molar-refractivity contribution in [1.82, 2.24) is 9.80 Å². The highest BCUT2D eigenvalue weighted by Crippen LogP contribution is 2.16. The second kappa shape index (κ2) is 11.0. The summed E-state index contributed by atoms with van der Waals surface area (Å²) in [4.78, 5) is 39.6. The number of amides is 3. The quantitative estimate of drug-likeness (QED) is 0.657. The van der Waals surface area contributed by atoms with Crippen LogP contribution in [0.2, 0.25) is 0 Å². The van der Waals surface area contributed by atoms with Crippen LogP contribution in [0.1, 0.15) is 5.56 Å². The zero-order valence-electron chi connectivity index (χ0n) is 17.8. The Morgan fingerprint density at radius 3 is 2.17 bits per heavy atom. The number of carbonyl (C=O) groups is 3. The predicted molar refractivity (Wildman–Crippen MR) is 117 cm³/mol. The molecule has 2 N–H and O–H groups in total. The van der Waals surface area contributed by atoms with E-state index in [0.29, 0.717) is 17.1 Å². The van der Waals surface area contributed by atoms with Crippen LogP contribution in [0.25, 0.3) is 0 Å². The molecule has 0 unspecified atom stereocenters. The smallest absolute Gasteiger partial charge is 0.243 e. The molecule has 0 radical (unpaired) electrons. The topological polar surface area (TPSA) is 91.0 Å². The number of methoxy groups -OCH3 is 1. The number of nitrogens with one attached hydrogen (secondary N) is 2. The molecule has 0 aliphatic rings. The van der Waals surface area contributed by atoms with E-state index in [1.54, 1.807) is 50.4 Å². The molecule has 0 aromatic heterocycles. The molecule has 0 fully saturated rings. The van der Waals surface area contributed by atoms with Crippen molar-refractivity contribution in [2.24, 2.45) is 0 Å². The number of rotatable bonds is 9. The van der Waals surface area contributed by atoms with Crippen molar-refractivity contribution < 1.29 is 19.1 Å². The average molecular weight is 412 g/mol. The number of hydrogen-bond acceptors (Lipinski definition) is 5. The summed E-state index contributed by atoms with van der Waals surface area (Å²) in [6, 6.07) is 14.4. The third kappa shape index (κ3) is 7.56. The molecule has 30 heavy (non-hydrogen) atoms. The fraction of sp³-hybridized carbons (Fsp3) is 0.318. The minimum absolute atomic E-state index is 0.0137. The standard InChI is InChI=1S/C22H28N4O4/c1-16-8-10-17(11-9-16)23-21(28)14-26(3)22(29)15-25(2)13-20(27)24-18-6-5-7-19(12-18)30-4/h5-12H,13-15H2,1-4H3,(H,23,28)(H,24,27). The van der Waals surface area contributed by atoms with Crippen molar-refractivity contribution in [3.8, 4) is 5.75 Å². The van der Waals surface area contributed by atoms with E-state index in [2.05, 4.69) is 10.6 Å². The highest BCUT2D eigenvalue weighted by Gasteiger charge is 2.17. The predicted octanol–water partition coefficient (Wildman–Crippen LogP) is 1.97. The van der Waals surface area contributed by atoms with Crippen molar-refractivity contribution in [2.45, 2.75) is 6.92 Å². The molecule has 160 valence electrons. The van der Waals surface area contributed by atoms with Gasteiger partial charge >= 0.3 is 0 Å². The summed E-state index contributed by atoms with van der Waals surface area (Å²) in [5.74, 6) is -0.154. The number of nitrogens with zero attached hydrogens (tertiary/aromatic N) is 2. The number of aryl methyl sites for hydroxylation is 1. The first-order valence-electron chi connectivity index (χ1n) is 9.49. The van der Waals surface area contributed by atoms with Crippen molar-refractivity contribution in [2.75, 3.05) is 51.5 Å². The van der Waals surface area contributed by atoms with Gasteiger partial charge in [-0.1, -0.05) is 23.8 Å². The first-order valence-corrected chi connectivity index (χ1v) is 9.49. The average Bonchev–Trinajstić information content (AvgIpc) is 2.69. The van der Waals surface area contributed by atoms with Crippen LogP contribution in [-0.2, 0) is 14.4 Å². The third-order valence-corrected chi connectivity index (χ3v) is 4.31. The second-order valence-corrected chi connectivity index (χ2v) is 7.12. The van der Waals surface area contributed by atoms with E-state index in [-0.39, 0.29) is 37.4 Å². The van der Waals surface area contributed by atoms with Gasteiger partial charge in [0.1, 0.15) is 5.75 Å². The van der Waals surface area contributed by atoms with Crippen LogP contribution >= 0.6 is 0 Å². The summed E-state index contributed by atoms with van der Waals surface area (Å²) in [5.41, 5.74) is 2.39. The van der Waals surface area contributed by atoms with E-state index in [1.807, 2.05) is 31.2 Å². The molecule has 8 heteroatoms. The Labute approximate surface area is 176 Å². The molecule has 2 rings (SSSR count). The molecular formula is C22H28N4O4. The van der Waals surface area contributed by atoms with E-state index in [9.17, 15) is 14.4 Å². The Hall–Kier alpha value is -3.39. The van der Waals surface area contributed by atoms with Gasteiger partial charge in [0.15, 0.2) is 0 Å². The van der Waals surface area contributed by atoms with Crippen LogP contribution in [-0.4, -0.2) is 68.4 Å². The Bertz CT molecular complexity index is 883. The zero-order valence-corrected chi connectivity index (χ0v) is 17.8. The highest BCUT2D eigenvalue weighted by atomic mass is 16.5. The molecular weight excluding hydrogens is 384 g/mol. The molecule has 8 nitrogen and oxygen atoms in total. The molecule has 0 aliphatic carbocycles. The SMILES string of the molecule is COc1cccc(NC(=O)CN(C)CC(=O)N(C)CC(=O)Nc2ccc(C)cc2)c1. The Morgan fingerprint density at radius 1 is 0.867 bits per heavy atom. The van der Waals surface area contributed by atoms with Gasteiger partial charge in [-0.15, -0.1) is 0 Å². The number of ether oxygens (including phenoxy) is 1. The van der Waals surface area contributed by atoms with E-state index in [4.69, 9.17) is 4.74 Å². The lowest BCUT2D eigenvalue weighted by molar-refractivity contribution is -0.134. The fourth-order valence-corrected chi connectivity index (χ4v) is 2.70. The number of carbonyl (C=O) groups excluding carboxylic acids is 3. The highest BCUT2D eigenvalue weighted by molar-refractivity contribution is 5.95. The van der Waals surface area contributed by atoms with Gasteiger partial charge < -0.3 is 20.3 Å². The second-order valence-electron chi connectivity index (χ2n) is 7.12. The van der Waals surface area contributed by atoms with E-state index < -0.39 is 0 Å². The molecule has 0 aliphatic heterocycles. The van der Waals surface area contributed by atoms with Gasteiger partial charge in [0.2, 0.25) is 17.7 Å². The molecule has 3 amide bonds. The number of anilines is 2. The normalized spacial score (nSPS) is 10.4. The van der Waals surface area contributed by atoms with Gasteiger partial charge in [0.25, 0.3) is 0 Å². The summed E-state index contributed by atoms with van der Waals surface area (Å²) in [7, 11) is 4.78. The van der Waals surface area contributed by atoms with Crippen molar-refractivity contribution in [3.05, 3.63) is 54.1 Å². The molecule has 0 saturated carbocycles. The summed E-state index contributed by atoms with van der Waals surface area (Å²) >= 11 is 0. The van der Waals surface area contributed by atoms with Gasteiger partial charge in [-0.05, 0) is 38.2 Å². The molecule has 0 atom stereocenters. The number of benzene rings is 2. The number of hydrogen-bond donors (Lipinski definition) is 2. The van der Waals surface area contributed by atoms with E-state index in [0.717, 1.165) is 5.56 Å². The lowest BCUT2D eigenvalue weighted by Gasteiger charge is -2.21. The maximum Gasteiger partial charge on any atom is 0.243 e. The van der Waals surface area contributed by atoms with E-state index >= 15 is 0 Å². The van der Waals surface area contributed by atoms with Crippen LogP contribution < -0.4 is 15.4 Å². The third-order valence-electron chi connectivity index (χ3n) is 4.31. The van der Waals surface area contributed by atoms with Crippen LogP contribution in [0, 0.1) is 6.92 Å². The number of likely N-dealkylation sites (N-methyl/N-ethyl adjacent to an activating group) is 2. The van der Waals surface area contributed by atoms with Crippen molar-refractivity contribution in [3.63, 3.8) is 0 Å². The van der Waals surface area contributed by atoms with Crippen molar-refractivity contribution >= 4 is 29.1 Å². The maximum absolute atomic E-state index is 12.4. The largest absolute Gasteiger partial charge is 0.497 e. The van der Waals surface area contributed by atoms with Gasteiger partial charge in [-0.25, -0.2) is 0 Å². The van der Waals surface area contributed by atoms with Crippen LogP contribution in [0.15, 0.2) is 48.5 Å². The minimum atomic E-state index is -0.284. The van der Waals surface area contributed by atoms with Gasteiger partial charge in [-0.3, -0.25) is 19.3 Å². The Balaban J connectivity index is 1.77. The van der Waals surface area contributed by atoms with Crippen molar-refractivity contribution in [1.29, 1.82) is 0 Å². The summed E-state index contributed by atoms with van der Waals surface area (Å²) in [6.07, 6.45) is 0. The van der Waals surface area contributed by atoms with Crippen LogP contribution in [0.3, 0.4) is 0 Å². The monoisotopic (exact) mass is 412 g/mol. The molecule has 0 heterocycles. The lowest BCUT2D eigenvalue weighted by atomic mass is 10.2. The summed E-state index contributed by atoms with van der Waals surface area (Å²) in [5, 5.41) is 5.52. The minimum Gasteiger partial charge on any atom is -0.497 e. The maximum atomic E-state index is 12.4. The fourth-order valence-electron chi connectivity index (χ4n) is 2.70. The van der Waals surface area contributed by atoms with Crippen LogP contribution in [0.4, 0.5) is 11.4 Å². The first kappa shape index (κ1) is 22.9. The molecule has 0 spiro atoms. The molecule has 2 aromatic carbocycles. The summed E-state index contributed by atoms with van der Waals surface area (Å²) < 4.78 is 5.13. The van der Waals surface area contributed by atoms with E-state index in [1.165, 1.54) is 4.90 Å². The Kier molecular flexibility index (Phi) is 8.37. The van der Waals surface area contributed by atoms with Gasteiger partial charge in [-0.2, -0.15) is 0 Å². The molecule has 0 bridgehead atoms. The molecule has 0 saturated heterocycles. The van der Waals surface area contributed by atoms with Crippen LogP contribution in [0.5, 0.6) is 5.75 Å². The zero-order chi connectivity index (χ0) is 22.1. The Morgan fingerprint density at radius 2 is 1.50 bits per heavy atom. The first-order chi connectivity index (χ1) is 14.3. The van der Waals surface area contributed by atoms with Gasteiger partial charge in [0, 0.05) is 24.5 Å². The lowest BCUT2D eigenvalue weighted by Crippen LogP contribution is -2.42. The molecule has 2 aromatic rings. The summed E-state index contributed by atoms with van der Waals surface area (Å²) in [6.45, 7) is 1.94. The van der Waals surface area contributed by atoms with Gasteiger partial charge in [0.05, 0.1) is 26.7 Å².